The third-order valence-corrected chi connectivity index (χ3v) is 6.92. The van der Waals surface area contributed by atoms with Crippen molar-refractivity contribution in [2.24, 2.45) is 7.05 Å². The van der Waals surface area contributed by atoms with Crippen molar-refractivity contribution in [3.8, 4) is 0 Å². The van der Waals surface area contributed by atoms with E-state index >= 15 is 0 Å². The number of anilines is 1. The number of hydrogen-bond acceptors (Lipinski definition) is 4. The average molecular weight is 619 g/mol. The van der Waals surface area contributed by atoms with Crippen LogP contribution in [0.4, 0.5) is 40.8 Å². The average Bonchev–Trinajstić information content (AvgIpc) is 3.39. The van der Waals surface area contributed by atoms with E-state index in [4.69, 9.17) is 11.6 Å². The van der Waals surface area contributed by atoms with Gasteiger partial charge in [-0.05, 0) is 42.5 Å². The lowest BCUT2D eigenvalue weighted by atomic mass is 9.93. The molecule has 0 saturated carbocycles. The number of fused-ring (bicyclic) bond motifs is 3. The van der Waals surface area contributed by atoms with Crippen LogP contribution in [0.2, 0.25) is 5.02 Å². The largest absolute Gasteiger partial charge is 0.420 e. The van der Waals surface area contributed by atoms with Crippen molar-refractivity contribution in [1.82, 2.24) is 15.1 Å². The van der Waals surface area contributed by atoms with E-state index in [1.165, 1.54) is 0 Å². The van der Waals surface area contributed by atoms with E-state index in [0.717, 1.165) is 31.3 Å². The van der Waals surface area contributed by atoms with E-state index in [0.29, 0.717) is 16.8 Å². The van der Waals surface area contributed by atoms with Crippen LogP contribution in [-0.2, 0) is 13.2 Å². The van der Waals surface area contributed by atoms with Crippen molar-refractivity contribution >= 4 is 40.0 Å². The number of carbonyl (C=O) groups excluding carboxylic acids is 2. The normalized spacial score (nSPS) is 16.0. The summed E-state index contributed by atoms with van der Waals surface area (Å²) < 4.78 is 109. The second kappa shape index (κ2) is 9.94. The Bertz CT molecular complexity index is 1780. The van der Waals surface area contributed by atoms with Crippen molar-refractivity contribution < 1.29 is 49.8 Å². The Hall–Kier alpha value is -4.24. The fourth-order valence-corrected chi connectivity index (χ4v) is 5.03. The third-order valence-electron chi connectivity index (χ3n) is 6.58. The number of aryl methyl sites for hydroxylation is 1. The van der Waals surface area contributed by atoms with Crippen LogP contribution >= 0.6 is 11.6 Å². The second-order valence-corrected chi connectivity index (χ2v) is 9.72. The topological polar surface area (TPSA) is 96.2 Å². The zero-order valence-corrected chi connectivity index (χ0v) is 21.5. The maximum atomic E-state index is 14.2. The smallest absolute Gasteiger partial charge is 0.378 e. The number of aromatic nitrogens is 2. The molecular weight excluding hydrogens is 604 g/mol. The molecule has 16 heteroatoms. The lowest BCUT2D eigenvalue weighted by Crippen LogP contribution is -2.23. The first-order valence-corrected chi connectivity index (χ1v) is 12.1. The van der Waals surface area contributed by atoms with Gasteiger partial charge in [0.25, 0.3) is 11.8 Å². The number of hydrogen-bond donors (Lipinski definition) is 3. The van der Waals surface area contributed by atoms with Crippen LogP contribution in [0.1, 0.15) is 55.2 Å². The van der Waals surface area contributed by atoms with Gasteiger partial charge < -0.3 is 15.7 Å². The van der Waals surface area contributed by atoms with E-state index in [1.54, 1.807) is 0 Å². The Morgan fingerprint density at radius 1 is 1.07 bits per heavy atom. The number of nitrogens with zero attached hydrogens (tertiary/aromatic N) is 2. The highest BCUT2D eigenvalue weighted by molar-refractivity contribution is 6.31. The fraction of sp³-hybridized carbons (Fsp3) is 0.192. The molecule has 2 heterocycles. The molecule has 2 unspecified atom stereocenters. The van der Waals surface area contributed by atoms with Crippen LogP contribution in [0.25, 0.3) is 10.9 Å². The van der Waals surface area contributed by atoms with Crippen molar-refractivity contribution in [2.45, 2.75) is 24.5 Å². The third kappa shape index (κ3) is 5.02. The molecule has 1 aromatic heterocycles. The van der Waals surface area contributed by atoms with Crippen LogP contribution in [0.3, 0.4) is 0 Å². The minimum Gasteiger partial charge on any atom is -0.378 e. The van der Waals surface area contributed by atoms with Crippen molar-refractivity contribution in [1.29, 1.82) is 0 Å². The number of rotatable bonds is 4. The van der Waals surface area contributed by atoms with Crippen LogP contribution in [0.15, 0.2) is 42.5 Å². The standard InChI is InChI=1S/C26H15ClF8N4O3/c1-39-21(22(40)26(33,34)35)14-8-16(36-23(41)9-4-10(25(30,31)32)6-12(29)5-9)17-18(20(14)38-39)24(42)37-19(17)13-7-11(28)2-3-15(13)27/h2-8,19,22,40H,1H3,(H,36,41)(H,37,42). The number of nitrogens with one attached hydrogen (secondary N) is 2. The number of alkyl halides is 6. The minimum absolute atomic E-state index is 0.0322. The predicted molar refractivity (Wildman–Crippen MR) is 132 cm³/mol. The first-order chi connectivity index (χ1) is 19.5. The van der Waals surface area contributed by atoms with E-state index in [1.807, 2.05) is 0 Å². The van der Waals surface area contributed by atoms with Crippen LogP contribution in [0.5, 0.6) is 0 Å². The number of benzene rings is 3. The van der Waals surface area contributed by atoms with E-state index in [2.05, 4.69) is 15.7 Å². The molecule has 0 aliphatic carbocycles. The molecule has 7 nitrogen and oxygen atoms in total. The Morgan fingerprint density at radius 3 is 2.40 bits per heavy atom. The summed E-state index contributed by atoms with van der Waals surface area (Å²) >= 11 is 6.23. The van der Waals surface area contributed by atoms with Gasteiger partial charge in [0.15, 0.2) is 6.10 Å². The zero-order chi connectivity index (χ0) is 30.9. The zero-order valence-electron chi connectivity index (χ0n) is 20.8. The second-order valence-electron chi connectivity index (χ2n) is 9.31. The molecule has 5 rings (SSSR count). The highest BCUT2D eigenvalue weighted by atomic mass is 35.5. The number of amides is 2. The Morgan fingerprint density at radius 2 is 1.76 bits per heavy atom. The molecule has 0 bridgehead atoms. The lowest BCUT2D eigenvalue weighted by molar-refractivity contribution is -0.208. The first-order valence-electron chi connectivity index (χ1n) is 11.7. The van der Waals surface area contributed by atoms with Gasteiger partial charge in [0, 0.05) is 39.8 Å². The molecule has 0 saturated heterocycles. The summed E-state index contributed by atoms with van der Waals surface area (Å²) in [6.07, 6.45) is -13.3. The van der Waals surface area contributed by atoms with Gasteiger partial charge in [-0.3, -0.25) is 14.3 Å². The SMILES string of the molecule is Cn1nc2c3c(c(NC(=O)c4cc(F)cc(C(F)(F)F)c4)cc2c1C(O)C(F)(F)F)C(c1cc(F)ccc1Cl)NC3=O. The van der Waals surface area contributed by atoms with Gasteiger partial charge in [-0.15, -0.1) is 0 Å². The number of halogens is 9. The summed E-state index contributed by atoms with van der Waals surface area (Å²) in [4.78, 5) is 26.3. The Kier molecular flexibility index (Phi) is 6.93. The summed E-state index contributed by atoms with van der Waals surface area (Å²) in [5, 5.41) is 18.2. The lowest BCUT2D eigenvalue weighted by Gasteiger charge is -2.19. The molecule has 2 atom stereocenters. The molecule has 0 spiro atoms. The van der Waals surface area contributed by atoms with Gasteiger partial charge in [-0.1, -0.05) is 11.6 Å². The number of aliphatic hydroxyl groups excluding tert-OH is 1. The van der Waals surface area contributed by atoms with Crippen LogP contribution in [0, 0.1) is 11.6 Å². The molecule has 0 radical (unpaired) electrons. The summed E-state index contributed by atoms with van der Waals surface area (Å²) in [7, 11) is 1.06. The quantitative estimate of drug-likeness (QED) is 0.237. The van der Waals surface area contributed by atoms with Crippen molar-refractivity contribution in [3.63, 3.8) is 0 Å². The summed E-state index contributed by atoms with van der Waals surface area (Å²) in [6.45, 7) is 0. The van der Waals surface area contributed by atoms with E-state index < -0.39 is 75.8 Å². The first kappa shape index (κ1) is 29.3. The number of aliphatic hydroxyl groups is 1. The molecule has 42 heavy (non-hydrogen) atoms. The molecule has 1 aliphatic heterocycles. The molecule has 2 amide bonds. The summed E-state index contributed by atoms with van der Waals surface area (Å²) in [5.41, 5.74) is -4.44. The molecule has 1 aliphatic rings. The fourth-order valence-electron chi connectivity index (χ4n) is 4.80. The van der Waals surface area contributed by atoms with Gasteiger partial charge in [-0.2, -0.15) is 31.4 Å². The monoisotopic (exact) mass is 618 g/mol. The molecule has 220 valence electrons. The van der Waals surface area contributed by atoms with Gasteiger partial charge in [-0.25, -0.2) is 8.78 Å². The molecule has 3 N–H and O–H groups in total. The summed E-state index contributed by atoms with van der Waals surface area (Å²) in [5.74, 6) is -4.43. The van der Waals surface area contributed by atoms with E-state index in [-0.39, 0.29) is 33.3 Å². The highest BCUT2D eigenvalue weighted by Gasteiger charge is 2.44. The Balaban J connectivity index is 1.76. The van der Waals surface area contributed by atoms with Crippen LogP contribution < -0.4 is 10.6 Å². The van der Waals surface area contributed by atoms with Crippen molar-refractivity contribution in [3.05, 3.63) is 92.6 Å². The van der Waals surface area contributed by atoms with Gasteiger partial charge >= 0.3 is 12.4 Å². The molecule has 0 fully saturated rings. The maximum Gasteiger partial charge on any atom is 0.420 e. The number of carbonyl (C=O) groups is 2. The maximum absolute atomic E-state index is 14.2. The van der Waals surface area contributed by atoms with Crippen LogP contribution in [-0.4, -0.2) is 32.9 Å². The van der Waals surface area contributed by atoms with E-state index in [9.17, 15) is 49.8 Å². The molecule has 3 aromatic carbocycles. The van der Waals surface area contributed by atoms with Gasteiger partial charge in [0.2, 0.25) is 0 Å². The molecule has 4 aromatic rings. The molecular formula is C26H15ClF8N4O3. The minimum atomic E-state index is -5.18. The van der Waals surface area contributed by atoms with Crippen molar-refractivity contribution in [2.75, 3.05) is 5.32 Å². The van der Waals surface area contributed by atoms with Gasteiger partial charge in [0.05, 0.1) is 22.9 Å². The summed E-state index contributed by atoms with van der Waals surface area (Å²) in [6, 6.07) is 3.75. The van der Waals surface area contributed by atoms with Gasteiger partial charge in [0.1, 0.15) is 17.2 Å². The predicted octanol–water partition coefficient (Wildman–Crippen LogP) is 6.20. The highest BCUT2D eigenvalue weighted by Crippen LogP contribution is 2.45. The Labute approximate surface area is 234 Å².